The lowest BCUT2D eigenvalue weighted by atomic mass is 9.96. The summed E-state index contributed by atoms with van der Waals surface area (Å²) < 4.78 is 6.17. The SMILES string of the molecule is CC(CSC1c2ccccc2COc2ccc(C=Cc3ccc4c(n3)CCCC4)cc21)C(=O)O. The lowest BCUT2D eigenvalue weighted by Crippen LogP contribution is -2.13. The smallest absolute Gasteiger partial charge is 0.307 e. The molecular weight excluding hydrogens is 442 g/mol. The van der Waals surface area contributed by atoms with Gasteiger partial charge in [-0.05, 0) is 72.2 Å². The van der Waals surface area contributed by atoms with E-state index in [0.717, 1.165) is 41.0 Å². The van der Waals surface area contributed by atoms with Crippen molar-refractivity contribution in [3.8, 4) is 5.75 Å². The number of fused-ring (bicyclic) bond motifs is 3. The first-order valence-electron chi connectivity index (χ1n) is 11.9. The number of carboxylic acid groups (broad SMARTS) is 1. The van der Waals surface area contributed by atoms with Gasteiger partial charge in [-0.3, -0.25) is 9.78 Å². The van der Waals surface area contributed by atoms with Crippen molar-refractivity contribution in [3.63, 3.8) is 0 Å². The van der Waals surface area contributed by atoms with Gasteiger partial charge in [-0.25, -0.2) is 0 Å². The predicted molar refractivity (Wildman–Crippen MR) is 138 cm³/mol. The average Bonchev–Trinajstić information content (AvgIpc) is 3.02. The number of benzene rings is 2. The molecule has 0 radical (unpaired) electrons. The highest BCUT2D eigenvalue weighted by atomic mass is 32.2. The van der Waals surface area contributed by atoms with Crippen LogP contribution in [-0.2, 0) is 24.2 Å². The molecule has 0 saturated carbocycles. The predicted octanol–water partition coefficient (Wildman–Crippen LogP) is 6.57. The Hall–Kier alpha value is -3.05. The topological polar surface area (TPSA) is 59.4 Å². The number of ether oxygens (including phenoxy) is 1. The molecule has 4 nitrogen and oxygen atoms in total. The van der Waals surface area contributed by atoms with Gasteiger partial charge < -0.3 is 9.84 Å². The zero-order valence-electron chi connectivity index (χ0n) is 19.4. The summed E-state index contributed by atoms with van der Waals surface area (Å²) >= 11 is 1.67. The van der Waals surface area contributed by atoms with Crippen molar-refractivity contribution >= 4 is 29.9 Å². The van der Waals surface area contributed by atoms with Crippen molar-refractivity contribution in [2.75, 3.05) is 5.75 Å². The summed E-state index contributed by atoms with van der Waals surface area (Å²) in [6, 6.07) is 18.9. The Kier molecular flexibility index (Phi) is 6.73. The summed E-state index contributed by atoms with van der Waals surface area (Å²) in [7, 11) is 0. The highest BCUT2D eigenvalue weighted by Crippen LogP contribution is 2.45. The molecule has 5 rings (SSSR count). The lowest BCUT2D eigenvalue weighted by Gasteiger charge is -2.20. The van der Waals surface area contributed by atoms with Gasteiger partial charge in [-0.15, -0.1) is 11.8 Å². The molecule has 0 saturated heterocycles. The fourth-order valence-corrected chi connectivity index (χ4v) is 6.01. The van der Waals surface area contributed by atoms with E-state index < -0.39 is 11.9 Å². The maximum absolute atomic E-state index is 11.4. The van der Waals surface area contributed by atoms with Crippen LogP contribution in [0.5, 0.6) is 5.75 Å². The van der Waals surface area contributed by atoms with Crippen LogP contribution in [0.2, 0.25) is 0 Å². The summed E-state index contributed by atoms with van der Waals surface area (Å²) in [5.41, 5.74) is 8.13. The zero-order valence-corrected chi connectivity index (χ0v) is 20.2. The van der Waals surface area contributed by atoms with Gasteiger partial charge in [0.15, 0.2) is 0 Å². The van der Waals surface area contributed by atoms with Gasteiger partial charge >= 0.3 is 5.97 Å². The van der Waals surface area contributed by atoms with E-state index in [1.165, 1.54) is 29.7 Å². The quantitative estimate of drug-likeness (QED) is 0.441. The van der Waals surface area contributed by atoms with E-state index >= 15 is 0 Å². The van der Waals surface area contributed by atoms with Crippen LogP contribution in [0.25, 0.3) is 12.2 Å². The highest BCUT2D eigenvalue weighted by molar-refractivity contribution is 7.99. The van der Waals surface area contributed by atoms with Gasteiger partial charge in [0.05, 0.1) is 16.9 Å². The van der Waals surface area contributed by atoms with Crippen molar-refractivity contribution < 1.29 is 14.6 Å². The number of hydrogen-bond acceptors (Lipinski definition) is 4. The molecule has 0 bridgehead atoms. The van der Waals surface area contributed by atoms with Crippen LogP contribution in [0.15, 0.2) is 54.6 Å². The van der Waals surface area contributed by atoms with Crippen molar-refractivity contribution in [2.45, 2.75) is 44.5 Å². The number of rotatable bonds is 6. The second-order valence-corrected chi connectivity index (χ2v) is 10.3. The molecule has 0 spiro atoms. The lowest BCUT2D eigenvalue weighted by molar-refractivity contribution is -0.140. The van der Waals surface area contributed by atoms with Crippen LogP contribution in [0, 0.1) is 5.92 Å². The molecule has 0 fully saturated rings. The average molecular weight is 472 g/mol. The summed E-state index contributed by atoms with van der Waals surface area (Å²) in [6.45, 7) is 2.28. The molecule has 0 amide bonds. The fourth-order valence-electron chi connectivity index (χ4n) is 4.62. The third-order valence-corrected chi connectivity index (χ3v) is 8.15. The highest BCUT2D eigenvalue weighted by Gasteiger charge is 2.26. The number of nitrogens with zero attached hydrogens (tertiary/aromatic N) is 1. The molecule has 1 aliphatic carbocycles. The van der Waals surface area contributed by atoms with E-state index in [2.05, 4.69) is 48.6 Å². The van der Waals surface area contributed by atoms with E-state index in [1.807, 2.05) is 18.2 Å². The minimum atomic E-state index is -0.764. The number of aromatic nitrogens is 1. The molecule has 174 valence electrons. The number of thioether (sulfide) groups is 1. The summed E-state index contributed by atoms with van der Waals surface area (Å²) in [6.07, 6.45) is 8.87. The van der Waals surface area contributed by atoms with Crippen LogP contribution < -0.4 is 4.74 Å². The van der Waals surface area contributed by atoms with Crippen molar-refractivity contribution in [1.82, 2.24) is 4.98 Å². The normalized spacial score (nSPS) is 17.7. The Morgan fingerprint density at radius 2 is 1.94 bits per heavy atom. The molecule has 2 aromatic carbocycles. The molecule has 34 heavy (non-hydrogen) atoms. The maximum atomic E-state index is 11.4. The largest absolute Gasteiger partial charge is 0.489 e. The minimum Gasteiger partial charge on any atom is -0.489 e. The number of hydrogen-bond donors (Lipinski definition) is 1. The second kappa shape index (κ2) is 10.1. The molecule has 3 aromatic rings. The van der Waals surface area contributed by atoms with Gasteiger partial charge in [0.25, 0.3) is 0 Å². The Morgan fingerprint density at radius 1 is 1.09 bits per heavy atom. The van der Waals surface area contributed by atoms with Crippen LogP contribution in [-0.4, -0.2) is 21.8 Å². The van der Waals surface area contributed by atoms with Crippen LogP contribution in [0.4, 0.5) is 0 Å². The summed E-state index contributed by atoms with van der Waals surface area (Å²) in [5.74, 6) is 0.219. The minimum absolute atomic E-state index is 0.0192. The van der Waals surface area contributed by atoms with Gasteiger partial charge in [0.1, 0.15) is 12.4 Å². The molecule has 2 aliphatic rings. The fraction of sp³-hybridized carbons (Fsp3) is 0.310. The molecule has 1 aliphatic heterocycles. The van der Waals surface area contributed by atoms with Gasteiger partial charge in [0.2, 0.25) is 0 Å². The van der Waals surface area contributed by atoms with Gasteiger partial charge in [0, 0.05) is 17.0 Å². The van der Waals surface area contributed by atoms with E-state index in [9.17, 15) is 9.90 Å². The first kappa shape index (κ1) is 22.7. The molecule has 1 aromatic heterocycles. The maximum Gasteiger partial charge on any atom is 0.307 e. The van der Waals surface area contributed by atoms with Crippen molar-refractivity contribution in [1.29, 1.82) is 0 Å². The van der Waals surface area contributed by atoms with Gasteiger partial charge in [-0.1, -0.05) is 49.4 Å². The molecule has 2 heterocycles. The Bertz CT molecular complexity index is 1240. The first-order valence-corrected chi connectivity index (χ1v) is 13.0. The standard InChI is InChI=1S/C29H29NO3S/c1-19(29(31)32)18-34-28-24-8-4-2-7-22(24)17-33-27-15-11-20(16-25(27)28)10-13-23-14-12-21-6-3-5-9-26(21)30-23/h2,4,7-8,10-16,19,28H,3,5-6,9,17-18H2,1H3,(H,31,32). The van der Waals surface area contributed by atoms with Crippen LogP contribution in [0.3, 0.4) is 0 Å². The van der Waals surface area contributed by atoms with E-state index in [1.54, 1.807) is 18.7 Å². The Labute approximate surface area is 205 Å². The number of aryl methyl sites for hydroxylation is 2. The molecule has 2 unspecified atom stereocenters. The molecule has 2 atom stereocenters. The third-order valence-electron chi connectivity index (χ3n) is 6.62. The third kappa shape index (κ3) is 4.90. The number of aliphatic carboxylic acids is 1. The van der Waals surface area contributed by atoms with Crippen molar-refractivity contribution in [3.05, 3.63) is 93.8 Å². The zero-order chi connectivity index (χ0) is 23.5. The summed E-state index contributed by atoms with van der Waals surface area (Å²) in [5, 5.41) is 9.42. The monoisotopic (exact) mass is 471 g/mol. The van der Waals surface area contributed by atoms with E-state index in [4.69, 9.17) is 9.72 Å². The van der Waals surface area contributed by atoms with E-state index in [-0.39, 0.29) is 5.25 Å². The molecule has 1 N–H and O–H groups in total. The van der Waals surface area contributed by atoms with Gasteiger partial charge in [-0.2, -0.15) is 0 Å². The van der Waals surface area contributed by atoms with Crippen LogP contribution >= 0.6 is 11.8 Å². The number of carbonyl (C=O) groups is 1. The molecular formula is C29H29NO3S. The second-order valence-electron chi connectivity index (χ2n) is 9.12. The molecule has 5 heteroatoms. The van der Waals surface area contributed by atoms with Crippen molar-refractivity contribution in [2.24, 2.45) is 5.92 Å². The summed E-state index contributed by atoms with van der Waals surface area (Å²) in [4.78, 5) is 16.3. The van der Waals surface area contributed by atoms with Crippen LogP contribution in [0.1, 0.15) is 64.2 Å². The number of carboxylic acids is 1. The Balaban J connectivity index is 1.46. The number of pyridine rings is 1. The Morgan fingerprint density at radius 3 is 2.82 bits per heavy atom. The van der Waals surface area contributed by atoms with E-state index in [0.29, 0.717) is 12.4 Å². The first-order chi connectivity index (χ1) is 16.6.